The lowest BCUT2D eigenvalue weighted by Gasteiger charge is -2.16. The summed E-state index contributed by atoms with van der Waals surface area (Å²) in [6.45, 7) is -0.447. The number of ketones is 1. The summed E-state index contributed by atoms with van der Waals surface area (Å²) in [6, 6.07) is 17.4. The molecule has 1 aliphatic rings. The van der Waals surface area contributed by atoms with E-state index in [0.29, 0.717) is 17.0 Å². The number of para-hydroxylation sites is 2. The van der Waals surface area contributed by atoms with Crippen molar-refractivity contribution in [2.45, 2.75) is 0 Å². The van der Waals surface area contributed by atoms with Crippen molar-refractivity contribution in [3.05, 3.63) is 93.5 Å². The highest BCUT2D eigenvalue weighted by molar-refractivity contribution is 9.10. The zero-order valence-corrected chi connectivity index (χ0v) is 18.4. The number of imide groups is 1. The average Bonchev–Trinajstić information content (AvgIpc) is 3.06. The Morgan fingerprint density at radius 3 is 2.25 bits per heavy atom. The van der Waals surface area contributed by atoms with Gasteiger partial charge in [0.15, 0.2) is 12.4 Å². The molecule has 8 heteroatoms. The molecule has 0 atom stereocenters. The van der Waals surface area contributed by atoms with Crippen molar-refractivity contribution < 1.29 is 28.7 Å². The van der Waals surface area contributed by atoms with Gasteiger partial charge in [0.05, 0.1) is 29.5 Å². The highest BCUT2D eigenvalue weighted by atomic mass is 79.9. The Hall–Kier alpha value is -3.78. The molecule has 0 unspecified atom stereocenters. The molecule has 160 valence electrons. The van der Waals surface area contributed by atoms with Crippen LogP contribution >= 0.6 is 15.9 Å². The molecular formula is C24H16BrNO6. The van der Waals surface area contributed by atoms with Crippen LogP contribution in [0.4, 0.5) is 5.69 Å². The molecule has 0 saturated carbocycles. The van der Waals surface area contributed by atoms with E-state index in [0.717, 1.165) is 9.37 Å². The summed E-state index contributed by atoms with van der Waals surface area (Å²) in [5.41, 5.74) is 1.03. The van der Waals surface area contributed by atoms with Crippen molar-refractivity contribution >= 4 is 45.2 Å². The fourth-order valence-electron chi connectivity index (χ4n) is 3.33. The first-order valence-electron chi connectivity index (χ1n) is 9.52. The fraction of sp³-hybridized carbons (Fsp3) is 0.0833. The van der Waals surface area contributed by atoms with Crippen LogP contribution in [0.5, 0.6) is 5.75 Å². The van der Waals surface area contributed by atoms with Crippen LogP contribution in [-0.4, -0.2) is 37.3 Å². The molecule has 0 fully saturated rings. The van der Waals surface area contributed by atoms with Crippen molar-refractivity contribution in [1.82, 2.24) is 0 Å². The smallest absolute Gasteiger partial charge is 0.338 e. The Kier molecular flexibility index (Phi) is 5.87. The quantitative estimate of drug-likeness (QED) is 0.289. The molecule has 7 nitrogen and oxygen atoms in total. The number of carbonyl (C=O) groups is 4. The highest BCUT2D eigenvalue weighted by Gasteiger charge is 2.38. The summed E-state index contributed by atoms with van der Waals surface area (Å²) >= 11 is 3.29. The van der Waals surface area contributed by atoms with E-state index in [1.54, 1.807) is 48.5 Å². The molecule has 0 bridgehead atoms. The van der Waals surface area contributed by atoms with E-state index in [2.05, 4.69) is 15.9 Å². The second-order valence-corrected chi connectivity index (χ2v) is 7.80. The number of ether oxygens (including phenoxy) is 2. The van der Waals surface area contributed by atoms with Crippen LogP contribution in [-0.2, 0) is 4.74 Å². The maximum Gasteiger partial charge on any atom is 0.338 e. The first-order valence-corrected chi connectivity index (χ1v) is 10.3. The molecule has 4 rings (SSSR count). The average molecular weight is 494 g/mol. The molecule has 1 aliphatic heterocycles. The predicted molar refractivity (Wildman–Crippen MR) is 119 cm³/mol. The van der Waals surface area contributed by atoms with E-state index < -0.39 is 24.4 Å². The van der Waals surface area contributed by atoms with Gasteiger partial charge in [-0.1, -0.05) is 40.2 Å². The first-order chi connectivity index (χ1) is 15.4. The molecule has 0 radical (unpaired) electrons. The van der Waals surface area contributed by atoms with Gasteiger partial charge in [-0.15, -0.1) is 0 Å². The van der Waals surface area contributed by atoms with Gasteiger partial charge in [0.1, 0.15) is 5.75 Å². The van der Waals surface area contributed by atoms with Gasteiger partial charge in [-0.05, 0) is 42.5 Å². The van der Waals surface area contributed by atoms with Gasteiger partial charge < -0.3 is 9.47 Å². The molecule has 3 aromatic carbocycles. The predicted octanol–water partition coefficient (Wildman–Crippen LogP) is 4.30. The Morgan fingerprint density at radius 1 is 0.875 bits per heavy atom. The number of hydrogen-bond acceptors (Lipinski definition) is 6. The molecule has 2 amide bonds. The molecule has 0 aliphatic carbocycles. The zero-order chi connectivity index (χ0) is 22.8. The van der Waals surface area contributed by atoms with Gasteiger partial charge in [-0.25, -0.2) is 9.69 Å². The van der Waals surface area contributed by atoms with Crippen LogP contribution in [0, 0.1) is 0 Å². The van der Waals surface area contributed by atoms with Crippen LogP contribution < -0.4 is 9.64 Å². The van der Waals surface area contributed by atoms with Crippen molar-refractivity contribution in [1.29, 1.82) is 0 Å². The lowest BCUT2D eigenvalue weighted by atomic mass is 10.1. The normalized spacial score (nSPS) is 12.5. The SMILES string of the molecule is COc1ccccc1N1C(=O)c2ccc(C(=O)OCC(=O)c3ccc(Br)cc3)cc2C1=O. The molecular weight excluding hydrogens is 478 g/mol. The summed E-state index contributed by atoms with van der Waals surface area (Å²) in [6.07, 6.45) is 0. The highest BCUT2D eigenvalue weighted by Crippen LogP contribution is 2.34. The van der Waals surface area contributed by atoms with Gasteiger partial charge in [0.2, 0.25) is 0 Å². The summed E-state index contributed by atoms with van der Waals surface area (Å²) < 4.78 is 11.2. The van der Waals surface area contributed by atoms with Gasteiger partial charge in [0, 0.05) is 10.0 Å². The molecule has 1 heterocycles. The number of esters is 1. The van der Waals surface area contributed by atoms with Crippen molar-refractivity contribution in [2.24, 2.45) is 0 Å². The van der Waals surface area contributed by atoms with Crippen molar-refractivity contribution in [3.8, 4) is 5.75 Å². The minimum Gasteiger partial charge on any atom is -0.495 e. The van der Waals surface area contributed by atoms with Crippen LogP contribution in [0.3, 0.4) is 0 Å². The van der Waals surface area contributed by atoms with E-state index >= 15 is 0 Å². The number of carbonyl (C=O) groups excluding carboxylic acids is 4. The minimum atomic E-state index is -0.769. The number of hydrogen-bond donors (Lipinski definition) is 0. The van der Waals surface area contributed by atoms with Crippen LogP contribution in [0.15, 0.2) is 71.2 Å². The number of halogens is 1. The number of fused-ring (bicyclic) bond motifs is 1. The van der Waals surface area contributed by atoms with Crippen LogP contribution in [0.25, 0.3) is 0 Å². The van der Waals surface area contributed by atoms with E-state index in [1.807, 2.05) is 0 Å². The lowest BCUT2D eigenvalue weighted by molar-refractivity contribution is 0.0474. The topological polar surface area (TPSA) is 90.0 Å². The Morgan fingerprint density at radius 2 is 1.53 bits per heavy atom. The summed E-state index contributed by atoms with van der Waals surface area (Å²) in [4.78, 5) is 51.5. The number of nitrogens with zero attached hydrogens (tertiary/aromatic N) is 1. The molecule has 0 saturated heterocycles. The molecule has 0 aromatic heterocycles. The minimum absolute atomic E-state index is 0.0652. The van der Waals surface area contributed by atoms with Gasteiger partial charge >= 0.3 is 5.97 Å². The second-order valence-electron chi connectivity index (χ2n) is 6.88. The standard InChI is InChI=1S/C24H16BrNO6/c1-31-21-5-3-2-4-19(21)26-22(28)17-11-8-15(12-18(17)23(26)29)24(30)32-13-20(27)14-6-9-16(25)10-7-14/h2-12H,13H2,1H3. The number of methoxy groups -OCH3 is 1. The van der Waals surface area contributed by atoms with E-state index in [9.17, 15) is 19.2 Å². The van der Waals surface area contributed by atoms with Gasteiger partial charge in [-0.3, -0.25) is 14.4 Å². The van der Waals surface area contributed by atoms with Gasteiger partial charge in [0.25, 0.3) is 11.8 Å². The Labute approximate surface area is 191 Å². The zero-order valence-electron chi connectivity index (χ0n) is 16.8. The van der Waals surface area contributed by atoms with E-state index in [1.165, 1.54) is 25.3 Å². The first kappa shape index (κ1) is 21.5. The lowest BCUT2D eigenvalue weighted by Crippen LogP contribution is -2.29. The van der Waals surface area contributed by atoms with Crippen LogP contribution in [0.2, 0.25) is 0 Å². The van der Waals surface area contributed by atoms with Crippen LogP contribution in [0.1, 0.15) is 41.4 Å². The summed E-state index contributed by atoms with van der Waals surface area (Å²) in [5.74, 6) is -1.85. The third-order valence-electron chi connectivity index (χ3n) is 4.95. The van der Waals surface area contributed by atoms with Gasteiger partial charge in [-0.2, -0.15) is 0 Å². The molecule has 32 heavy (non-hydrogen) atoms. The Bertz CT molecular complexity index is 1250. The van der Waals surface area contributed by atoms with Crippen molar-refractivity contribution in [3.63, 3.8) is 0 Å². The largest absolute Gasteiger partial charge is 0.495 e. The number of anilines is 1. The maximum absolute atomic E-state index is 13.0. The number of Topliss-reactive ketones (excluding diaryl/α,β-unsaturated/α-hetero) is 1. The van der Waals surface area contributed by atoms with Crippen molar-refractivity contribution in [2.75, 3.05) is 18.6 Å². The number of benzene rings is 3. The Balaban J connectivity index is 1.52. The number of amides is 2. The molecule has 3 aromatic rings. The maximum atomic E-state index is 13.0. The summed E-state index contributed by atoms with van der Waals surface area (Å²) in [5, 5.41) is 0. The molecule has 0 N–H and O–H groups in total. The number of rotatable bonds is 6. The third-order valence-corrected chi connectivity index (χ3v) is 5.48. The third kappa shape index (κ3) is 3.92. The molecule has 0 spiro atoms. The second kappa shape index (κ2) is 8.76. The fourth-order valence-corrected chi connectivity index (χ4v) is 3.60. The monoisotopic (exact) mass is 493 g/mol. The van der Waals surface area contributed by atoms with E-state index in [4.69, 9.17) is 9.47 Å². The summed E-state index contributed by atoms with van der Waals surface area (Å²) in [7, 11) is 1.45. The van der Waals surface area contributed by atoms with E-state index in [-0.39, 0.29) is 22.5 Å².